The van der Waals surface area contributed by atoms with E-state index in [1.54, 1.807) is 0 Å². The Balaban J connectivity index is 2.72. The predicted molar refractivity (Wildman–Crippen MR) is 72.5 cm³/mol. The van der Waals surface area contributed by atoms with Crippen LogP contribution in [-0.2, 0) is 0 Å². The second-order valence-corrected chi connectivity index (χ2v) is 4.96. The summed E-state index contributed by atoms with van der Waals surface area (Å²) in [6, 6.07) is 4.54. The minimum atomic E-state index is -0.297. The summed E-state index contributed by atoms with van der Waals surface area (Å²) in [6.45, 7) is 0. The number of H-pyrrole nitrogens is 1. The Labute approximate surface area is 117 Å². The number of benzene rings is 1. The van der Waals surface area contributed by atoms with Gasteiger partial charge in [0.1, 0.15) is 0 Å². The first-order valence-electron chi connectivity index (χ1n) is 4.52. The molecule has 2 rings (SSSR count). The van der Waals surface area contributed by atoms with Crippen LogP contribution in [0.1, 0.15) is 0 Å². The average molecular weight is 309 g/mol. The lowest BCUT2D eigenvalue weighted by Crippen LogP contribution is -2.07. The van der Waals surface area contributed by atoms with Gasteiger partial charge in [-0.25, -0.2) is 0 Å². The van der Waals surface area contributed by atoms with Crippen molar-refractivity contribution in [2.45, 2.75) is 0 Å². The summed E-state index contributed by atoms with van der Waals surface area (Å²) in [5.41, 5.74) is 0.542. The average Bonchev–Trinajstić information content (AvgIpc) is 2.27. The van der Waals surface area contributed by atoms with E-state index in [1.165, 1.54) is 24.4 Å². The molecule has 1 heterocycles. The van der Waals surface area contributed by atoms with Crippen molar-refractivity contribution in [2.75, 3.05) is 0 Å². The number of hydrogen-bond donors (Lipinski definition) is 1. The maximum atomic E-state index is 11.7. The highest BCUT2D eigenvalue weighted by atomic mass is 35.5. The van der Waals surface area contributed by atoms with E-state index in [4.69, 9.17) is 46.4 Å². The molecule has 0 atom stereocenters. The van der Waals surface area contributed by atoms with Crippen molar-refractivity contribution in [3.8, 4) is 11.1 Å². The third-order valence-corrected chi connectivity index (χ3v) is 3.42. The van der Waals surface area contributed by atoms with Crippen molar-refractivity contribution in [2.24, 2.45) is 0 Å². The first-order valence-corrected chi connectivity index (χ1v) is 6.03. The smallest absolute Gasteiger partial charge is 0.255 e. The largest absolute Gasteiger partial charge is 0.327 e. The van der Waals surface area contributed by atoms with Gasteiger partial charge in [-0.3, -0.25) is 4.79 Å². The summed E-state index contributed by atoms with van der Waals surface area (Å²) >= 11 is 23.5. The molecular formula is C11H5Cl4NO. The Kier molecular flexibility index (Phi) is 3.69. The molecule has 0 amide bonds. The Morgan fingerprint density at radius 2 is 1.47 bits per heavy atom. The number of rotatable bonds is 1. The molecule has 88 valence electrons. The van der Waals surface area contributed by atoms with Gasteiger partial charge >= 0.3 is 0 Å². The van der Waals surface area contributed by atoms with E-state index in [2.05, 4.69) is 4.98 Å². The summed E-state index contributed by atoms with van der Waals surface area (Å²) in [6.07, 6.45) is 1.40. The molecule has 0 aliphatic rings. The molecule has 0 unspecified atom stereocenters. The molecule has 0 aliphatic carbocycles. The van der Waals surface area contributed by atoms with Gasteiger partial charge in [-0.2, -0.15) is 0 Å². The van der Waals surface area contributed by atoms with Crippen LogP contribution in [0.5, 0.6) is 0 Å². The van der Waals surface area contributed by atoms with E-state index in [9.17, 15) is 4.79 Å². The van der Waals surface area contributed by atoms with Crippen LogP contribution in [0.3, 0.4) is 0 Å². The van der Waals surface area contributed by atoms with Crippen LogP contribution in [0.15, 0.2) is 29.2 Å². The molecule has 2 nitrogen and oxygen atoms in total. The van der Waals surface area contributed by atoms with Crippen molar-refractivity contribution in [3.05, 3.63) is 54.8 Å². The summed E-state index contributed by atoms with van der Waals surface area (Å²) < 4.78 is 0. The molecule has 0 radical (unpaired) electrons. The fourth-order valence-corrected chi connectivity index (χ4v) is 2.20. The number of aromatic amines is 1. The van der Waals surface area contributed by atoms with Crippen LogP contribution < -0.4 is 5.56 Å². The Bertz CT molecular complexity index is 636. The number of nitrogens with one attached hydrogen (secondary N) is 1. The summed E-state index contributed by atoms with van der Waals surface area (Å²) in [7, 11) is 0. The van der Waals surface area contributed by atoms with Crippen LogP contribution in [0.25, 0.3) is 11.1 Å². The van der Waals surface area contributed by atoms with E-state index >= 15 is 0 Å². The van der Waals surface area contributed by atoms with Crippen LogP contribution in [0, 0.1) is 0 Å². The maximum absolute atomic E-state index is 11.7. The first-order chi connectivity index (χ1) is 7.99. The molecule has 0 fully saturated rings. The van der Waals surface area contributed by atoms with Crippen molar-refractivity contribution < 1.29 is 0 Å². The highest BCUT2D eigenvalue weighted by molar-refractivity contribution is 6.44. The molecule has 2 aromatic rings. The lowest BCUT2D eigenvalue weighted by Gasteiger charge is -2.06. The number of aromatic nitrogens is 1. The van der Waals surface area contributed by atoms with Crippen molar-refractivity contribution >= 4 is 46.4 Å². The monoisotopic (exact) mass is 307 g/mol. The third kappa shape index (κ3) is 2.61. The lowest BCUT2D eigenvalue weighted by molar-refractivity contribution is 1.24. The van der Waals surface area contributed by atoms with Gasteiger partial charge in [0.05, 0.1) is 20.1 Å². The van der Waals surface area contributed by atoms with Crippen molar-refractivity contribution in [3.63, 3.8) is 0 Å². The molecular weight excluding hydrogens is 304 g/mol. The van der Waals surface area contributed by atoms with Crippen LogP contribution in [-0.4, -0.2) is 4.98 Å². The molecule has 0 spiro atoms. The van der Waals surface area contributed by atoms with E-state index in [-0.39, 0.29) is 5.56 Å². The van der Waals surface area contributed by atoms with Crippen LogP contribution in [0.4, 0.5) is 0 Å². The zero-order valence-corrected chi connectivity index (χ0v) is 11.3. The van der Waals surface area contributed by atoms with Gasteiger partial charge < -0.3 is 4.98 Å². The minimum Gasteiger partial charge on any atom is -0.327 e. The number of hydrogen-bond acceptors (Lipinski definition) is 1. The third-order valence-electron chi connectivity index (χ3n) is 2.17. The zero-order valence-electron chi connectivity index (χ0n) is 8.23. The topological polar surface area (TPSA) is 32.9 Å². The van der Waals surface area contributed by atoms with Crippen molar-refractivity contribution in [1.82, 2.24) is 4.98 Å². The fourth-order valence-electron chi connectivity index (χ4n) is 1.39. The lowest BCUT2D eigenvalue weighted by atomic mass is 10.1. The summed E-state index contributed by atoms with van der Waals surface area (Å²) in [5.74, 6) is 0. The second-order valence-electron chi connectivity index (χ2n) is 3.31. The van der Waals surface area contributed by atoms with Gasteiger partial charge in [-0.15, -0.1) is 0 Å². The predicted octanol–water partition coefficient (Wildman–Crippen LogP) is 4.66. The second kappa shape index (κ2) is 4.91. The fraction of sp³-hybridized carbons (Fsp3) is 0. The van der Waals surface area contributed by atoms with E-state index in [0.29, 0.717) is 31.2 Å². The summed E-state index contributed by atoms with van der Waals surface area (Å²) in [4.78, 5) is 14.2. The summed E-state index contributed by atoms with van der Waals surface area (Å²) in [5, 5.41) is 1.40. The van der Waals surface area contributed by atoms with Gasteiger partial charge in [-0.05, 0) is 18.2 Å². The van der Waals surface area contributed by atoms with Crippen LogP contribution in [0.2, 0.25) is 20.1 Å². The maximum Gasteiger partial charge on any atom is 0.255 e. The van der Waals surface area contributed by atoms with Gasteiger partial charge in [0.2, 0.25) is 0 Å². The molecule has 0 aliphatic heterocycles. The highest BCUT2D eigenvalue weighted by Gasteiger charge is 2.11. The number of halogens is 4. The number of pyridine rings is 1. The normalized spacial score (nSPS) is 10.6. The minimum absolute atomic E-state index is 0.297. The van der Waals surface area contributed by atoms with Crippen molar-refractivity contribution in [1.29, 1.82) is 0 Å². The SMILES string of the molecule is O=c1[nH]cc(Cl)cc1-c1cc(Cl)c(Cl)cc1Cl. The van der Waals surface area contributed by atoms with E-state index in [0.717, 1.165) is 0 Å². The Hall–Kier alpha value is -0.670. The highest BCUT2D eigenvalue weighted by Crippen LogP contribution is 2.34. The quantitative estimate of drug-likeness (QED) is 0.764. The molecule has 6 heteroatoms. The standard InChI is InChI=1S/C11H5Cl4NO/c12-5-1-7(11(17)16-4-5)6-2-9(14)10(15)3-8(6)13/h1-4H,(H,16,17). The zero-order chi connectivity index (χ0) is 12.6. The molecule has 1 aromatic heterocycles. The van der Waals surface area contributed by atoms with Gasteiger partial charge in [0.15, 0.2) is 0 Å². The molecule has 1 N–H and O–H groups in total. The van der Waals surface area contributed by atoms with Gasteiger partial charge in [0.25, 0.3) is 5.56 Å². The molecule has 0 saturated carbocycles. The molecule has 0 saturated heterocycles. The molecule has 0 bridgehead atoms. The molecule has 17 heavy (non-hydrogen) atoms. The van der Waals surface area contributed by atoms with Gasteiger partial charge in [-0.1, -0.05) is 46.4 Å². The van der Waals surface area contributed by atoms with E-state index in [1.807, 2.05) is 0 Å². The Morgan fingerprint density at radius 1 is 0.824 bits per heavy atom. The first kappa shape index (κ1) is 12.8. The van der Waals surface area contributed by atoms with Gasteiger partial charge in [0, 0.05) is 17.3 Å². The molecule has 1 aromatic carbocycles. The van der Waals surface area contributed by atoms with E-state index < -0.39 is 0 Å². The van der Waals surface area contributed by atoms with Crippen LogP contribution >= 0.6 is 46.4 Å². The Morgan fingerprint density at radius 3 is 2.18 bits per heavy atom.